The molecule has 0 spiro atoms. The van der Waals surface area contributed by atoms with E-state index in [2.05, 4.69) is 59.6 Å². The summed E-state index contributed by atoms with van der Waals surface area (Å²) in [5.74, 6) is 0. The Morgan fingerprint density at radius 2 is 1.59 bits per heavy atom. The van der Waals surface area contributed by atoms with Crippen LogP contribution in [-0.2, 0) is 6.54 Å². The van der Waals surface area contributed by atoms with Gasteiger partial charge in [-0.1, -0.05) is 37.5 Å². The Kier molecular flexibility index (Phi) is 7.42. The summed E-state index contributed by atoms with van der Waals surface area (Å²) in [6.07, 6.45) is 10.5. The van der Waals surface area contributed by atoms with Gasteiger partial charge < -0.3 is 4.90 Å². The molecule has 176 valence electrons. The molecular formula is C24H39N7S. The van der Waals surface area contributed by atoms with Gasteiger partial charge in [-0.05, 0) is 37.9 Å². The van der Waals surface area contributed by atoms with E-state index in [1.54, 1.807) is 11.3 Å². The van der Waals surface area contributed by atoms with Gasteiger partial charge in [0, 0.05) is 76.8 Å². The van der Waals surface area contributed by atoms with E-state index >= 15 is 0 Å². The standard InChI is InChI=1S/C24H39N7S/c1-2-10-27-12-18-30(19-13-27)23-25-26-24(32-23)31-11-6-9-22(31)20-28-14-16-29(17-15-28)21-7-4-3-5-8-21/h6,9,11,21H,2-5,7-8,10,12-20H2,1H3. The maximum absolute atomic E-state index is 4.57. The molecule has 0 unspecified atom stereocenters. The fourth-order valence-corrected chi connectivity index (χ4v) is 6.52. The number of anilines is 1. The molecule has 3 fully saturated rings. The van der Waals surface area contributed by atoms with Crippen LogP contribution in [-0.4, -0.2) is 94.4 Å². The average Bonchev–Trinajstić information content (AvgIpc) is 3.51. The van der Waals surface area contributed by atoms with Crippen molar-refractivity contribution in [3.8, 4) is 5.13 Å². The highest BCUT2D eigenvalue weighted by molar-refractivity contribution is 7.17. The van der Waals surface area contributed by atoms with Crippen molar-refractivity contribution in [2.24, 2.45) is 0 Å². The SMILES string of the molecule is CCCN1CCN(c2nnc(-n3cccc3CN3CCN(C4CCCCC4)CC3)s2)CC1. The predicted molar refractivity (Wildman–Crippen MR) is 132 cm³/mol. The molecule has 0 amide bonds. The molecular weight excluding hydrogens is 418 g/mol. The van der Waals surface area contributed by atoms with Crippen molar-refractivity contribution in [2.75, 3.05) is 63.8 Å². The number of rotatable bonds is 7. The molecule has 2 aromatic rings. The van der Waals surface area contributed by atoms with E-state index in [-0.39, 0.29) is 0 Å². The van der Waals surface area contributed by atoms with E-state index in [1.807, 2.05) is 0 Å². The van der Waals surface area contributed by atoms with Crippen molar-refractivity contribution in [1.29, 1.82) is 0 Å². The molecule has 0 radical (unpaired) electrons. The molecule has 2 aliphatic heterocycles. The zero-order valence-corrected chi connectivity index (χ0v) is 20.5. The van der Waals surface area contributed by atoms with Gasteiger partial charge in [0.15, 0.2) is 0 Å². The van der Waals surface area contributed by atoms with Crippen LogP contribution in [0.15, 0.2) is 18.3 Å². The summed E-state index contributed by atoms with van der Waals surface area (Å²) < 4.78 is 2.25. The minimum absolute atomic E-state index is 0.846. The smallest absolute Gasteiger partial charge is 0.218 e. The van der Waals surface area contributed by atoms with Crippen LogP contribution >= 0.6 is 11.3 Å². The summed E-state index contributed by atoms with van der Waals surface area (Å²) in [6.45, 7) is 13.6. The Labute approximate surface area is 197 Å². The number of piperazine rings is 2. The first kappa shape index (κ1) is 22.3. The Morgan fingerprint density at radius 1 is 0.875 bits per heavy atom. The van der Waals surface area contributed by atoms with Crippen LogP contribution in [0.4, 0.5) is 5.13 Å². The van der Waals surface area contributed by atoms with Crippen molar-refractivity contribution in [1.82, 2.24) is 29.5 Å². The van der Waals surface area contributed by atoms with Gasteiger partial charge in [0.05, 0.1) is 0 Å². The minimum Gasteiger partial charge on any atom is -0.344 e. The molecule has 7 nitrogen and oxygen atoms in total. The Morgan fingerprint density at radius 3 is 2.34 bits per heavy atom. The van der Waals surface area contributed by atoms with Crippen molar-refractivity contribution in [3.05, 3.63) is 24.0 Å². The van der Waals surface area contributed by atoms with E-state index in [4.69, 9.17) is 0 Å². The molecule has 8 heteroatoms. The second-order valence-corrected chi connectivity index (χ2v) is 10.6. The molecule has 4 heterocycles. The van der Waals surface area contributed by atoms with Crippen molar-refractivity contribution in [2.45, 2.75) is 58.0 Å². The lowest BCUT2D eigenvalue weighted by atomic mass is 9.94. The number of aromatic nitrogens is 3. The van der Waals surface area contributed by atoms with Crippen molar-refractivity contribution >= 4 is 16.5 Å². The summed E-state index contributed by atoms with van der Waals surface area (Å²) in [7, 11) is 0. The van der Waals surface area contributed by atoms with Crippen LogP contribution in [0.3, 0.4) is 0 Å². The Balaban J connectivity index is 1.16. The Hall–Kier alpha value is -1.48. The highest BCUT2D eigenvalue weighted by Gasteiger charge is 2.26. The summed E-state index contributed by atoms with van der Waals surface area (Å²) >= 11 is 1.73. The van der Waals surface area contributed by atoms with E-state index in [1.165, 1.54) is 76.9 Å². The van der Waals surface area contributed by atoms with Crippen molar-refractivity contribution < 1.29 is 0 Å². The lowest BCUT2D eigenvalue weighted by molar-refractivity contribution is 0.0747. The molecule has 1 saturated carbocycles. The van der Waals surface area contributed by atoms with Crippen LogP contribution in [0.2, 0.25) is 0 Å². The lowest BCUT2D eigenvalue weighted by Crippen LogP contribution is -2.50. The molecule has 0 aromatic carbocycles. The lowest BCUT2D eigenvalue weighted by Gasteiger charge is -2.40. The van der Waals surface area contributed by atoms with Gasteiger partial charge in [0.2, 0.25) is 10.3 Å². The average molecular weight is 458 g/mol. The molecule has 32 heavy (non-hydrogen) atoms. The zero-order valence-electron chi connectivity index (χ0n) is 19.7. The maximum Gasteiger partial charge on any atom is 0.218 e. The van der Waals surface area contributed by atoms with Crippen LogP contribution < -0.4 is 4.90 Å². The van der Waals surface area contributed by atoms with Crippen LogP contribution in [0.25, 0.3) is 5.13 Å². The molecule has 0 bridgehead atoms. The number of hydrogen-bond acceptors (Lipinski definition) is 7. The summed E-state index contributed by atoms with van der Waals surface area (Å²) in [5.41, 5.74) is 1.33. The molecule has 0 atom stereocenters. The normalized spacial score (nSPS) is 22.6. The number of hydrogen-bond donors (Lipinski definition) is 0. The highest BCUT2D eigenvalue weighted by atomic mass is 32.1. The first-order chi connectivity index (χ1) is 15.8. The number of nitrogens with zero attached hydrogens (tertiary/aromatic N) is 7. The molecule has 1 aliphatic carbocycles. The largest absolute Gasteiger partial charge is 0.344 e. The third-order valence-corrected chi connectivity index (χ3v) is 8.49. The fourth-order valence-electron chi connectivity index (χ4n) is 5.61. The topological polar surface area (TPSA) is 43.7 Å². The van der Waals surface area contributed by atoms with Gasteiger partial charge in [0.1, 0.15) is 0 Å². The third kappa shape index (κ3) is 5.19. The van der Waals surface area contributed by atoms with Gasteiger partial charge in [-0.2, -0.15) is 0 Å². The minimum atomic E-state index is 0.846. The van der Waals surface area contributed by atoms with E-state index in [0.29, 0.717) is 0 Å². The van der Waals surface area contributed by atoms with Crippen LogP contribution in [0.5, 0.6) is 0 Å². The second kappa shape index (κ2) is 10.6. The summed E-state index contributed by atoms with van der Waals surface area (Å²) in [4.78, 5) is 10.3. The van der Waals surface area contributed by atoms with Gasteiger partial charge in [0.25, 0.3) is 0 Å². The monoisotopic (exact) mass is 457 g/mol. The zero-order chi connectivity index (χ0) is 21.8. The van der Waals surface area contributed by atoms with Gasteiger partial charge >= 0.3 is 0 Å². The first-order valence-electron chi connectivity index (χ1n) is 12.7. The molecule has 3 aliphatic rings. The van der Waals surface area contributed by atoms with E-state index in [0.717, 1.165) is 49.0 Å². The van der Waals surface area contributed by atoms with Crippen LogP contribution in [0.1, 0.15) is 51.1 Å². The molecule has 0 N–H and O–H groups in total. The van der Waals surface area contributed by atoms with E-state index < -0.39 is 0 Å². The van der Waals surface area contributed by atoms with Gasteiger partial charge in [-0.25, -0.2) is 0 Å². The summed E-state index contributed by atoms with van der Waals surface area (Å²) in [5, 5.41) is 11.2. The summed E-state index contributed by atoms with van der Waals surface area (Å²) in [6, 6.07) is 5.24. The highest BCUT2D eigenvalue weighted by Crippen LogP contribution is 2.27. The maximum atomic E-state index is 4.57. The van der Waals surface area contributed by atoms with E-state index in [9.17, 15) is 0 Å². The van der Waals surface area contributed by atoms with Gasteiger partial charge in [-0.15, -0.1) is 10.2 Å². The molecule has 2 aromatic heterocycles. The molecule has 2 saturated heterocycles. The Bertz CT molecular complexity index is 827. The fraction of sp³-hybridized carbons (Fsp3) is 0.750. The quantitative estimate of drug-likeness (QED) is 0.636. The van der Waals surface area contributed by atoms with Crippen molar-refractivity contribution in [3.63, 3.8) is 0 Å². The predicted octanol–water partition coefficient (Wildman–Crippen LogP) is 3.31. The molecule has 5 rings (SSSR count). The second-order valence-electron chi connectivity index (χ2n) is 9.67. The third-order valence-electron chi connectivity index (χ3n) is 7.51. The van der Waals surface area contributed by atoms with Gasteiger partial charge in [-0.3, -0.25) is 19.3 Å². The van der Waals surface area contributed by atoms with Crippen LogP contribution in [0, 0.1) is 0 Å². The first-order valence-corrected chi connectivity index (χ1v) is 13.6.